The van der Waals surface area contributed by atoms with E-state index in [-0.39, 0.29) is 12.5 Å². The van der Waals surface area contributed by atoms with Crippen molar-refractivity contribution in [2.24, 2.45) is 11.7 Å². The molecule has 31 heavy (non-hydrogen) atoms. The molecule has 0 bridgehead atoms. The Kier molecular flexibility index (Phi) is 9.43. The molecule has 1 aliphatic heterocycles. The maximum Gasteiger partial charge on any atom is 0.511 e. The Balaban J connectivity index is 1.95. The predicted octanol–water partition coefficient (Wildman–Crippen LogP) is -1.16. The number of carbonyl (C=O) groups is 2. The summed E-state index contributed by atoms with van der Waals surface area (Å²) in [6.07, 6.45) is -4.96. The number of hydrogen-bond donors (Lipinski definition) is 6. The fourth-order valence-corrected chi connectivity index (χ4v) is 3.92. The highest BCUT2D eigenvalue weighted by molar-refractivity contribution is 5.78. The molecule has 0 aromatic heterocycles. The first-order chi connectivity index (χ1) is 14.6. The van der Waals surface area contributed by atoms with Gasteiger partial charge in [0.05, 0.1) is 30.8 Å². The zero-order chi connectivity index (χ0) is 23.2. The quantitative estimate of drug-likeness (QED) is 0.191. The number of nitrogens with two attached hydrogens (primary N) is 1. The number of esters is 1. The lowest BCUT2D eigenvalue weighted by Gasteiger charge is -2.44. The fourth-order valence-electron chi connectivity index (χ4n) is 3.92. The first kappa shape index (κ1) is 25.7. The summed E-state index contributed by atoms with van der Waals surface area (Å²) >= 11 is 0. The van der Waals surface area contributed by atoms with Crippen LogP contribution in [-0.2, 0) is 23.7 Å². The van der Waals surface area contributed by atoms with Gasteiger partial charge in [-0.1, -0.05) is 6.42 Å². The smallest absolute Gasteiger partial charge is 0.431 e. The van der Waals surface area contributed by atoms with Gasteiger partial charge in [-0.15, -0.1) is 0 Å². The molecule has 2 fully saturated rings. The minimum atomic E-state index is -2.66. The van der Waals surface area contributed by atoms with Crippen molar-refractivity contribution in [2.75, 3.05) is 6.61 Å². The largest absolute Gasteiger partial charge is 0.511 e. The van der Waals surface area contributed by atoms with E-state index in [2.05, 4.69) is 0 Å². The molecule has 0 aromatic rings. The Bertz CT molecular complexity index is 597. The summed E-state index contributed by atoms with van der Waals surface area (Å²) in [5.74, 6) is -5.15. The van der Waals surface area contributed by atoms with E-state index in [1.165, 1.54) is 6.92 Å². The molecule has 180 valence electrons. The van der Waals surface area contributed by atoms with Crippen molar-refractivity contribution in [3.05, 3.63) is 0 Å². The molecule has 2 aliphatic rings. The lowest BCUT2D eigenvalue weighted by molar-refractivity contribution is -0.303. The number of rotatable bonds is 8. The van der Waals surface area contributed by atoms with Crippen molar-refractivity contribution >= 4 is 12.1 Å². The first-order valence-corrected chi connectivity index (χ1v) is 10.4. The highest BCUT2D eigenvalue weighted by Crippen LogP contribution is 2.35. The van der Waals surface area contributed by atoms with Crippen LogP contribution in [0.4, 0.5) is 4.79 Å². The van der Waals surface area contributed by atoms with Crippen LogP contribution in [0.5, 0.6) is 0 Å². The molecule has 1 saturated heterocycles. The maximum atomic E-state index is 12.5. The third-order valence-electron chi connectivity index (χ3n) is 5.48. The van der Waals surface area contributed by atoms with E-state index in [9.17, 15) is 30.0 Å². The van der Waals surface area contributed by atoms with Crippen LogP contribution in [0.2, 0.25) is 0 Å². The van der Waals surface area contributed by atoms with Crippen LogP contribution in [0, 0.1) is 5.92 Å². The van der Waals surface area contributed by atoms with Crippen LogP contribution in [0.15, 0.2) is 0 Å². The number of hydrogen-bond acceptors (Lipinski definition) is 12. The van der Waals surface area contributed by atoms with Gasteiger partial charge in [0.25, 0.3) is 5.79 Å². The average molecular weight is 451 g/mol. The summed E-state index contributed by atoms with van der Waals surface area (Å²) in [6.45, 7) is 0.586. The number of aliphatic hydroxyl groups excluding tert-OH is 4. The molecule has 7 N–H and O–H groups in total. The van der Waals surface area contributed by atoms with Gasteiger partial charge >= 0.3 is 12.1 Å². The summed E-state index contributed by atoms with van der Waals surface area (Å²) in [6, 6.07) is 0. The molecule has 12 heteroatoms. The van der Waals surface area contributed by atoms with Gasteiger partial charge in [0, 0.05) is 19.8 Å². The van der Waals surface area contributed by atoms with Crippen molar-refractivity contribution < 1.29 is 54.1 Å². The normalized spacial score (nSPS) is 32.5. The summed E-state index contributed by atoms with van der Waals surface area (Å²) in [4.78, 5) is 24.4. The first-order valence-electron chi connectivity index (χ1n) is 10.4. The minimum absolute atomic E-state index is 0.261. The van der Waals surface area contributed by atoms with Gasteiger partial charge in [-0.2, -0.15) is 0 Å². The Morgan fingerprint density at radius 2 is 1.84 bits per heavy atom. The highest BCUT2D eigenvalue weighted by Gasteiger charge is 2.53. The van der Waals surface area contributed by atoms with Crippen LogP contribution in [-0.4, -0.2) is 87.0 Å². The third kappa shape index (κ3) is 7.24. The summed E-state index contributed by atoms with van der Waals surface area (Å²) in [5.41, 5.74) is 5.44. The van der Waals surface area contributed by atoms with Crippen molar-refractivity contribution in [2.45, 2.75) is 94.6 Å². The highest BCUT2D eigenvalue weighted by atomic mass is 16.8. The number of carbonyl (C=O) groups excluding carboxylic acids is 2. The molecule has 0 radical (unpaired) electrons. The second-order valence-corrected chi connectivity index (χ2v) is 8.07. The molecule has 1 aliphatic carbocycles. The fraction of sp³-hybridized carbons (Fsp3) is 0.895. The Labute approximate surface area is 179 Å². The van der Waals surface area contributed by atoms with E-state index in [1.807, 2.05) is 0 Å². The van der Waals surface area contributed by atoms with Crippen LogP contribution < -0.4 is 5.73 Å². The second kappa shape index (κ2) is 11.4. The van der Waals surface area contributed by atoms with Crippen molar-refractivity contribution in [1.82, 2.24) is 0 Å². The maximum absolute atomic E-state index is 12.5. The zero-order valence-corrected chi connectivity index (χ0v) is 17.5. The van der Waals surface area contributed by atoms with Crippen molar-refractivity contribution in [3.8, 4) is 0 Å². The average Bonchev–Trinajstić information content (AvgIpc) is 2.67. The van der Waals surface area contributed by atoms with E-state index >= 15 is 0 Å². The van der Waals surface area contributed by atoms with E-state index in [0.717, 1.165) is 32.1 Å². The van der Waals surface area contributed by atoms with Gasteiger partial charge in [0.1, 0.15) is 12.3 Å². The lowest BCUT2D eigenvalue weighted by atomic mass is 9.83. The molecule has 0 amide bonds. The van der Waals surface area contributed by atoms with Crippen LogP contribution >= 0.6 is 0 Å². The van der Waals surface area contributed by atoms with Gasteiger partial charge in [-0.25, -0.2) is 9.59 Å². The summed E-state index contributed by atoms with van der Waals surface area (Å²) in [7, 11) is 0. The van der Waals surface area contributed by atoms with E-state index in [4.69, 9.17) is 29.8 Å². The zero-order valence-electron chi connectivity index (χ0n) is 17.5. The minimum Gasteiger partial charge on any atom is -0.431 e. The molecule has 5 unspecified atom stereocenters. The summed E-state index contributed by atoms with van der Waals surface area (Å²) in [5, 5.41) is 49.4. The Morgan fingerprint density at radius 3 is 2.42 bits per heavy atom. The Hall–Kier alpha value is -1.54. The molecule has 1 heterocycles. The van der Waals surface area contributed by atoms with Gasteiger partial charge in [0.2, 0.25) is 6.29 Å². The molecular formula is C19H33NO11. The van der Waals surface area contributed by atoms with Gasteiger partial charge in [-0.05, 0) is 25.7 Å². The SMILES string of the molecule is CC(OC(=O)OC1CCCCC1)OC(=O)C1(O)CC(O)C([C@@H](N)O)C(C[C@H](O)CO)O1. The van der Waals surface area contributed by atoms with Crippen molar-refractivity contribution in [1.29, 1.82) is 0 Å². The topological polar surface area (TPSA) is 198 Å². The van der Waals surface area contributed by atoms with E-state index < -0.39 is 67.7 Å². The third-order valence-corrected chi connectivity index (χ3v) is 5.48. The Morgan fingerprint density at radius 1 is 1.19 bits per heavy atom. The lowest BCUT2D eigenvalue weighted by Crippen LogP contribution is -2.61. The molecule has 2 rings (SSSR count). The van der Waals surface area contributed by atoms with Crippen LogP contribution in [0.1, 0.15) is 51.9 Å². The standard InChI is InChI=1S/C19H33NO11/c1-10(29-18(26)30-12-5-3-2-4-6-12)28-17(25)19(27)8-13(23)15(16(20)24)14(31-19)7-11(22)9-21/h10-16,21-24,27H,2-9,20H2,1H3/t10?,11-,13?,14?,15?,16-,19?/m0/s1. The number of ether oxygens (including phenoxy) is 4. The van der Waals surface area contributed by atoms with Crippen LogP contribution in [0.3, 0.4) is 0 Å². The molecule has 12 nitrogen and oxygen atoms in total. The van der Waals surface area contributed by atoms with Gasteiger partial charge in [-0.3, -0.25) is 0 Å². The van der Waals surface area contributed by atoms with E-state index in [0.29, 0.717) is 0 Å². The molecule has 7 atom stereocenters. The molecule has 0 aromatic carbocycles. The van der Waals surface area contributed by atoms with Gasteiger partial charge in [0.15, 0.2) is 0 Å². The molecular weight excluding hydrogens is 418 g/mol. The van der Waals surface area contributed by atoms with Gasteiger partial charge < -0.3 is 50.2 Å². The molecule has 1 saturated carbocycles. The van der Waals surface area contributed by atoms with Crippen LogP contribution in [0.25, 0.3) is 0 Å². The van der Waals surface area contributed by atoms with E-state index in [1.54, 1.807) is 0 Å². The predicted molar refractivity (Wildman–Crippen MR) is 102 cm³/mol. The summed E-state index contributed by atoms with van der Waals surface area (Å²) < 4.78 is 20.3. The molecule has 0 spiro atoms. The van der Waals surface area contributed by atoms with Crippen molar-refractivity contribution in [3.63, 3.8) is 0 Å². The second-order valence-electron chi connectivity index (χ2n) is 8.07. The monoisotopic (exact) mass is 451 g/mol. The number of aliphatic hydroxyl groups is 5.